The van der Waals surface area contributed by atoms with Gasteiger partial charge in [-0.05, 0) is 54.4 Å². The highest BCUT2D eigenvalue weighted by atomic mass is 32.2. The Bertz CT molecular complexity index is 952. The molecule has 0 aliphatic carbocycles. The largest absolute Gasteiger partial charge is 0.497 e. The number of hydrogen-bond donors (Lipinski definition) is 2. The second-order valence-electron chi connectivity index (χ2n) is 6.84. The van der Waals surface area contributed by atoms with Crippen LogP contribution in [0.5, 0.6) is 5.75 Å². The van der Waals surface area contributed by atoms with Gasteiger partial charge in [-0.3, -0.25) is 9.59 Å². The summed E-state index contributed by atoms with van der Waals surface area (Å²) in [6.07, 6.45) is 0. The third kappa shape index (κ3) is 5.80. The molecule has 1 atom stereocenters. The number of rotatable bonds is 8. The number of carbonyl (C=O) groups excluding carboxylic acids is 2. The van der Waals surface area contributed by atoms with Crippen LogP contribution in [0.3, 0.4) is 0 Å². The minimum absolute atomic E-state index is 0.00548. The molecule has 0 aliphatic rings. The summed E-state index contributed by atoms with van der Waals surface area (Å²) in [6.45, 7) is 5.23. The number of nitrogens with one attached hydrogen (secondary N) is 2. The number of ether oxygens (including phenoxy) is 1. The Morgan fingerprint density at radius 2 is 1.59 bits per heavy atom. The third-order valence-electron chi connectivity index (χ3n) is 4.45. The fourth-order valence-corrected chi connectivity index (χ4v) is 3.52. The molecule has 2 aromatic rings. The molecule has 0 bridgehead atoms. The fraction of sp³-hybridized carbons (Fsp3) is 0.333. The van der Waals surface area contributed by atoms with Crippen molar-refractivity contribution >= 4 is 27.3 Å². The lowest BCUT2D eigenvalue weighted by molar-refractivity contribution is -0.118. The van der Waals surface area contributed by atoms with E-state index in [1.54, 1.807) is 38.3 Å². The van der Waals surface area contributed by atoms with Crippen molar-refractivity contribution in [3.8, 4) is 5.75 Å². The molecule has 0 saturated carbocycles. The lowest BCUT2D eigenvalue weighted by atomic mass is 10.0. The summed E-state index contributed by atoms with van der Waals surface area (Å²) in [5, 5.41) is 5.47. The quantitative estimate of drug-likeness (QED) is 0.686. The lowest BCUT2D eigenvalue weighted by Gasteiger charge is -2.22. The molecule has 2 aromatic carbocycles. The molecule has 7 nitrogen and oxygen atoms in total. The highest BCUT2D eigenvalue weighted by Crippen LogP contribution is 2.17. The van der Waals surface area contributed by atoms with Crippen molar-refractivity contribution in [3.05, 3.63) is 54.1 Å². The van der Waals surface area contributed by atoms with Gasteiger partial charge in [0.05, 0.1) is 17.8 Å². The number of amides is 2. The summed E-state index contributed by atoms with van der Waals surface area (Å²) in [5.74, 6) is -0.269. The average Bonchev–Trinajstić information content (AvgIpc) is 2.71. The van der Waals surface area contributed by atoms with Crippen molar-refractivity contribution in [1.82, 2.24) is 5.32 Å². The molecule has 0 fully saturated rings. The molecular weight excluding hydrogens is 392 g/mol. The Morgan fingerprint density at radius 1 is 1.00 bits per heavy atom. The SMILES string of the molecule is CCS(=O)(=O)c1ccc(NC(=O)C(NC(=O)c2ccc(OC)cc2)C(C)C)cc1. The number of anilines is 1. The Kier molecular flexibility index (Phi) is 7.39. The minimum atomic E-state index is -3.30. The first-order chi connectivity index (χ1) is 13.7. The van der Waals surface area contributed by atoms with Crippen LogP contribution in [0.1, 0.15) is 31.1 Å². The predicted molar refractivity (Wildman–Crippen MR) is 112 cm³/mol. The summed E-state index contributed by atoms with van der Waals surface area (Å²) in [5.41, 5.74) is 0.868. The molecule has 2 N–H and O–H groups in total. The molecule has 0 spiro atoms. The van der Waals surface area contributed by atoms with Crippen molar-refractivity contribution in [2.75, 3.05) is 18.2 Å². The van der Waals surface area contributed by atoms with E-state index in [4.69, 9.17) is 4.74 Å². The predicted octanol–water partition coefficient (Wildman–Crippen LogP) is 2.88. The monoisotopic (exact) mass is 418 g/mol. The van der Waals surface area contributed by atoms with E-state index in [0.29, 0.717) is 17.0 Å². The molecule has 0 aromatic heterocycles. The molecule has 8 heteroatoms. The second-order valence-corrected chi connectivity index (χ2v) is 9.12. The highest BCUT2D eigenvalue weighted by molar-refractivity contribution is 7.91. The van der Waals surface area contributed by atoms with Gasteiger partial charge >= 0.3 is 0 Å². The van der Waals surface area contributed by atoms with E-state index in [1.807, 2.05) is 13.8 Å². The first kappa shape index (κ1) is 22.4. The molecule has 2 rings (SSSR count). The van der Waals surface area contributed by atoms with Gasteiger partial charge in [-0.15, -0.1) is 0 Å². The van der Waals surface area contributed by atoms with E-state index in [0.717, 1.165) is 0 Å². The molecule has 29 heavy (non-hydrogen) atoms. The first-order valence-electron chi connectivity index (χ1n) is 9.26. The maximum absolute atomic E-state index is 12.7. The zero-order valence-electron chi connectivity index (χ0n) is 16.9. The van der Waals surface area contributed by atoms with Gasteiger partial charge in [-0.1, -0.05) is 20.8 Å². The van der Waals surface area contributed by atoms with Crippen LogP contribution in [0.15, 0.2) is 53.4 Å². The van der Waals surface area contributed by atoms with Gasteiger partial charge in [-0.25, -0.2) is 8.42 Å². The topological polar surface area (TPSA) is 102 Å². The maximum Gasteiger partial charge on any atom is 0.251 e. The summed E-state index contributed by atoms with van der Waals surface area (Å²) >= 11 is 0. The van der Waals surface area contributed by atoms with Gasteiger partial charge in [0.1, 0.15) is 11.8 Å². The zero-order chi connectivity index (χ0) is 21.6. The summed E-state index contributed by atoms with van der Waals surface area (Å²) < 4.78 is 28.8. The van der Waals surface area contributed by atoms with Crippen LogP contribution in [0, 0.1) is 5.92 Å². The number of benzene rings is 2. The molecule has 1 unspecified atom stereocenters. The van der Waals surface area contributed by atoms with E-state index in [1.165, 1.54) is 24.3 Å². The fourth-order valence-electron chi connectivity index (χ4n) is 2.63. The van der Waals surface area contributed by atoms with Gasteiger partial charge in [0, 0.05) is 11.3 Å². The van der Waals surface area contributed by atoms with Crippen LogP contribution < -0.4 is 15.4 Å². The number of carbonyl (C=O) groups is 2. The van der Waals surface area contributed by atoms with E-state index in [-0.39, 0.29) is 28.4 Å². The van der Waals surface area contributed by atoms with Crippen molar-refractivity contribution in [2.45, 2.75) is 31.7 Å². The van der Waals surface area contributed by atoms with E-state index in [9.17, 15) is 18.0 Å². The summed E-state index contributed by atoms with van der Waals surface area (Å²) in [4.78, 5) is 25.4. The second kappa shape index (κ2) is 9.56. The Morgan fingerprint density at radius 3 is 2.07 bits per heavy atom. The van der Waals surface area contributed by atoms with E-state index < -0.39 is 15.9 Å². The zero-order valence-corrected chi connectivity index (χ0v) is 17.7. The molecule has 156 valence electrons. The molecule has 0 aliphatic heterocycles. The van der Waals surface area contributed by atoms with Crippen LogP contribution in [0.25, 0.3) is 0 Å². The van der Waals surface area contributed by atoms with Gasteiger partial charge in [0.25, 0.3) is 5.91 Å². The van der Waals surface area contributed by atoms with Crippen LogP contribution in [0.2, 0.25) is 0 Å². The van der Waals surface area contributed by atoms with E-state index >= 15 is 0 Å². The minimum Gasteiger partial charge on any atom is -0.497 e. The molecular formula is C21H26N2O5S. The van der Waals surface area contributed by atoms with Crippen molar-refractivity contribution in [1.29, 1.82) is 0 Å². The Balaban J connectivity index is 2.09. The standard InChI is InChI=1S/C21H26N2O5S/c1-5-29(26,27)18-12-8-16(9-13-18)22-21(25)19(14(2)3)23-20(24)15-6-10-17(28-4)11-7-15/h6-14,19H,5H2,1-4H3,(H,22,25)(H,23,24). The van der Waals surface area contributed by atoms with Crippen molar-refractivity contribution < 1.29 is 22.7 Å². The maximum atomic E-state index is 12.7. The summed E-state index contributed by atoms with van der Waals surface area (Å²) in [7, 11) is -1.76. The highest BCUT2D eigenvalue weighted by Gasteiger charge is 2.25. The molecule has 0 saturated heterocycles. The summed E-state index contributed by atoms with van der Waals surface area (Å²) in [6, 6.07) is 11.8. The van der Waals surface area contributed by atoms with Gasteiger partial charge in [0.15, 0.2) is 9.84 Å². The number of methoxy groups -OCH3 is 1. The normalized spacial score (nSPS) is 12.3. The molecule has 0 heterocycles. The molecule has 2 amide bonds. The smallest absolute Gasteiger partial charge is 0.251 e. The number of sulfone groups is 1. The number of hydrogen-bond acceptors (Lipinski definition) is 5. The van der Waals surface area contributed by atoms with Gasteiger partial charge < -0.3 is 15.4 Å². The van der Waals surface area contributed by atoms with E-state index in [2.05, 4.69) is 10.6 Å². The Hall–Kier alpha value is -2.87. The van der Waals surface area contributed by atoms with Crippen LogP contribution in [-0.2, 0) is 14.6 Å². The van der Waals surface area contributed by atoms with Crippen molar-refractivity contribution in [3.63, 3.8) is 0 Å². The molecule has 0 radical (unpaired) electrons. The average molecular weight is 419 g/mol. The van der Waals surface area contributed by atoms with Gasteiger partial charge in [0.2, 0.25) is 5.91 Å². The van der Waals surface area contributed by atoms with Crippen LogP contribution in [0.4, 0.5) is 5.69 Å². The Labute approximate surface area is 171 Å². The van der Waals surface area contributed by atoms with Crippen LogP contribution >= 0.6 is 0 Å². The lowest BCUT2D eigenvalue weighted by Crippen LogP contribution is -2.47. The van der Waals surface area contributed by atoms with Gasteiger partial charge in [-0.2, -0.15) is 0 Å². The van der Waals surface area contributed by atoms with Crippen LogP contribution in [-0.4, -0.2) is 39.1 Å². The third-order valence-corrected chi connectivity index (χ3v) is 6.20. The van der Waals surface area contributed by atoms with Crippen molar-refractivity contribution in [2.24, 2.45) is 5.92 Å². The first-order valence-corrected chi connectivity index (χ1v) is 10.9.